The number of aliphatic hydroxyl groups excluding tert-OH is 1. The average Bonchev–Trinajstić information content (AvgIpc) is 3.09. The van der Waals surface area contributed by atoms with Gasteiger partial charge in [-0.25, -0.2) is 4.79 Å². The van der Waals surface area contributed by atoms with Gasteiger partial charge in [0, 0.05) is 13.0 Å². The molecule has 2 aromatic rings. The molecular formula is C24H27NO4. The van der Waals surface area contributed by atoms with Crippen LogP contribution in [0.2, 0.25) is 0 Å². The minimum absolute atomic E-state index is 0.00664. The Labute approximate surface area is 171 Å². The number of carboxylic acids is 1. The van der Waals surface area contributed by atoms with E-state index in [0.29, 0.717) is 25.8 Å². The van der Waals surface area contributed by atoms with E-state index >= 15 is 0 Å². The predicted molar refractivity (Wildman–Crippen MR) is 112 cm³/mol. The summed E-state index contributed by atoms with van der Waals surface area (Å²) in [5, 5.41) is 19.2. The van der Waals surface area contributed by atoms with Gasteiger partial charge in [0.15, 0.2) is 0 Å². The van der Waals surface area contributed by atoms with Gasteiger partial charge in [0.2, 0.25) is 5.91 Å². The van der Waals surface area contributed by atoms with Crippen LogP contribution in [0.25, 0.3) is 0 Å². The topological polar surface area (TPSA) is 77.8 Å². The van der Waals surface area contributed by atoms with Crippen LogP contribution in [0.15, 0.2) is 66.7 Å². The van der Waals surface area contributed by atoms with Gasteiger partial charge in [-0.2, -0.15) is 0 Å². The number of nitrogens with zero attached hydrogens (tertiary/aromatic N) is 1. The first-order valence-corrected chi connectivity index (χ1v) is 10.0. The van der Waals surface area contributed by atoms with E-state index in [1.165, 1.54) is 5.56 Å². The largest absolute Gasteiger partial charge is 0.478 e. The second kappa shape index (κ2) is 10.0. The number of likely N-dealkylation sites (tertiary alicyclic amines) is 1. The third kappa shape index (κ3) is 6.03. The molecule has 1 fully saturated rings. The maximum atomic E-state index is 12.3. The summed E-state index contributed by atoms with van der Waals surface area (Å²) in [4.78, 5) is 25.0. The average molecular weight is 393 g/mol. The first kappa shape index (κ1) is 20.8. The van der Waals surface area contributed by atoms with E-state index in [0.717, 1.165) is 18.4 Å². The lowest BCUT2D eigenvalue weighted by Crippen LogP contribution is -2.33. The zero-order chi connectivity index (χ0) is 20.6. The lowest BCUT2D eigenvalue weighted by Gasteiger charge is -2.23. The summed E-state index contributed by atoms with van der Waals surface area (Å²) in [6.45, 7) is 0.584. The van der Waals surface area contributed by atoms with Crippen molar-refractivity contribution in [3.8, 4) is 0 Å². The molecule has 3 rings (SSSR count). The van der Waals surface area contributed by atoms with Gasteiger partial charge in [0.25, 0.3) is 0 Å². The van der Waals surface area contributed by atoms with Crippen LogP contribution >= 0.6 is 0 Å². The lowest BCUT2D eigenvalue weighted by atomic mass is 10.1. The summed E-state index contributed by atoms with van der Waals surface area (Å²) in [5.41, 5.74) is 2.46. The van der Waals surface area contributed by atoms with Crippen molar-refractivity contribution in [2.75, 3.05) is 6.54 Å². The molecule has 29 heavy (non-hydrogen) atoms. The molecular weight excluding hydrogens is 366 g/mol. The van der Waals surface area contributed by atoms with E-state index in [-0.39, 0.29) is 17.5 Å². The van der Waals surface area contributed by atoms with Gasteiger partial charge in [0.1, 0.15) is 0 Å². The van der Waals surface area contributed by atoms with Crippen LogP contribution in [0, 0.1) is 0 Å². The van der Waals surface area contributed by atoms with Crippen molar-refractivity contribution >= 4 is 11.9 Å². The number of rotatable bonds is 9. The van der Waals surface area contributed by atoms with Gasteiger partial charge in [-0.3, -0.25) is 4.79 Å². The first-order valence-electron chi connectivity index (χ1n) is 10.0. The Morgan fingerprint density at radius 2 is 1.76 bits per heavy atom. The van der Waals surface area contributed by atoms with E-state index in [4.69, 9.17) is 5.11 Å². The molecule has 1 saturated heterocycles. The summed E-state index contributed by atoms with van der Waals surface area (Å²) in [6.07, 6.45) is 6.65. The molecule has 0 radical (unpaired) electrons. The van der Waals surface area contributed by atoms with Crippen molar-refractivity contribution in [1.82, 2.24) is 4.90 Å². The van der Waals surface area contributed by atoms with E-state index in [1.807, 2.05) is 29.2 Å². The Morgan fingerprint density at radius 1 is 1.07 bits per heavy atom. The summed E-state index contributed by atoms with van der Waals surface area (Å²) < 4.78 is 0. The van der Waals surface area contributed by atoms with Crippen molar-refractivity contribution in [2.45, 2.75) is 44.2 Å². The maximum absolute atomic E-state index is 12.3. The minimum Gasteiger partial charge on any atom is -0.478 e. The van der Waals surface area contributed by atoms with Crippen molar-refractivity contribution in [3.63, 3.8) is 0 Å². The quantitative estimate of drug-likeness (QED) is 0.640. The fourth-order valence-electron chi connectivity index (χ4n) is 3.62. The molecule has 1 aliphatic heterocycles. The molecule has 152 valence electrons. The van der Waals surface area contributed by atoms with Gasteiger partial charge in [-0.1, -0.05) is 54.6 Å². The number of carbonyl (C=O) groups is 2. The van der Waals surface area contributed by atoms with Crippen LogP contribution in [0.4, 0.5) is 0 Å². The van der Waals surface area contributed by atoms with Crippen LogP contribution in [0.3, 0.4) is 0 Å². The molecule has 1 aliphatic rings. The van der Waals surface area contributed by atoms with Gasteiger partial charge in [0.05, 0.1) is 17.7 Å². The first-order chi connectivity index (χ1) is 14.0. The molecule has 2 N–H and O–H groups in total. The number of aromatic carboxylic acids is 1. The Hall–Kier alpha value is -2.92. The van der Waals surface area contributed by atoms with E-state index in [1.54, 1.807) is 30.3 Å². The van der Waals surface area contributed by atoms with Gasteiger partial charge < -0.3 is 15.1 Å². The summed E-state index contributed by atoms with van der Waals surface area (Å²) in [5.74, 6) is -0.817. The molecule has 0 aliphatic carbocycles. The molecule has 1 heterocycles. The summed E-state index contributed by atoms with van der Waals surface area (Å²) >= 11 is 0. The maximum Gasteiger partial charge on any atom is 0.335 e. The SMILES string of the molecule is O=C(O)c1ccc(CCN2C(=O)CC[C@@H]2/C=C/[C@@H](O)CCc2ccccc2)cc1. The predicted octanol–water partition coefficient (Wildman–Crippen LogP) is 3.47. The van der Waals surface area contributed by atoms with Gasteiger partial charge >= 0.3 is 5.97 Å². The fourth-order valence-corrected chi connectivity index (χ4v) is 3.62. The fraction of sp³-hybridized carbons (Fsp3) is 0.333. The van der Waals surface area contributed by atoms with E-state index < -0.39 is 12.1 Å². The van der Waals surface area contributed by atoms with Crippen LogP contribution in [-0.2, 0) is 17.6 Å². The molecule has 0 saturated carbocycles. The molecule has 0 spiro atoms. The van der Waals surface area contributed by atoms with Crippen LogP contribution in [0.5, 0.6) is 0 Å². The molecule has 2 atom stereocenters. The highest BCUT2D eigenvalue weighted by atomic mass is 16.4. The standard InChI is InChI=1S/C24H27NO4/c26-22(13-8-18-4-2-1-3-5-18)14-11-21-12-15-23(27)25(21)17-16-19-6-9-20(10-7-19)24(28)29/h1-7,9-11,14,21-22,26H,8,12-13,15-17H2,(H,28,29)/b14-11+/t21-,22-/m0/s1. The number of carbonyl (C=O) groups excluding carboxylic acids is 1. The molecule has 1 amide bonds. The second-order valence-corrected chi connectivity index (χ2v) is 7.42. The number of amides is 1. The second-order valence-electron chi connectivity index (χ2n) is 7.42. The van der Waals surface area contributed by atoms with E-state index in [2.05, 4.69) is 12.1 Å². The van der Waals surface area contributed by atoms with Crippen molar-refractivity contribution in [2.24, 2.45) is 0 Å². The zero-order valence-electron chi connectivity index (χ0n) is 16.4. The zero-order valence-corrected chi connectivity index (χ0v) is 16.4. The lowest BCUT2D eigenvalue weighted by molar-refractivity contribution is -0.128. The number of carboxylic acid groups (broad SMARTS) is 1. The Kier molecular flexibility index (Phi) is 7.19. The molecule has 5 nitrogen and oxygen atoms in total. The van der Waals surface area contributed by atoms with Gasteiger partial charge in [-0.15, -0.1) is 0 Å². The van der Waals surface area contributed by atoms with Crippen molar-refractivity contribution < 1.29 is 19.8 Å². The Bertz CT molecular complexity index is 845. The van der Waals surface area contributed by atoms with E-state index in [9.17, 15) is 14.7 Å². The number of aryl methyl sites for hydroxylation is 1. The Balaban J connectivity index is 1.51. The minimum atomic E-state index is -0.942. The smallest absolute Gasteiger partial charge is 0.335 e. The monoisotopic (exact) mass is 393 g/mol. The van der Waals surface area contributed by atoms with Crippen molar-refractivity contribution in [3.05, 3.63) is 83.4 Å². The highest BCUT2D eigenvalue weighted by Crippen LogP contribution is 2.21. The highest BCUT2D eigenvalue weighted by Gasteiger charge is 2.28. The van der Waals surface area contributed by atoms with Crippen molar-refractivity contribution in [1.29, 1.82) is 0 Å². The number of aliphatic hydroxyl groups is 1. The van der Waals surface area contributed by atoms with Crippen LogP contribution in [-0.4, -0.2) is 45.7 Å². The normalized spacial score (nSPS) is 17.8. The molecule has 2 aromatic carbocycles. The highest BCUT2D eigenvalue weighted by molar-refractivity contribution is 5.87. The van der Waals surface area contributed by atoms with Crippen LogP contribution in [0.1, 0.15) is 40.7 Å². The summed E-state index contributed by atoms with van der Waals surface area (Å²) in [6, 6.07) is 16.8. The molecule has 0 bridgehead atoms. The summed E-state index contributed by atoms with van der Waals surface area (Å²) in [7, 11) is 0. The number of hydrogen-bond acceptors (Lipinski definition) is 3. The van der Waals surface area contributed by atoms with Gasteiger partial charge in [-0.05, 0) is 48.9 Å². The number of hydrogen-bond donors (Lipinski definition) is 2. The van der Waals surface area contributed by atoms with Crippen LogP contribution < -0.4 is 0 Å². The molecule has 0 aromatic heterocycles. The molecule has 5 heteroatoms. The third-order valence-electron chi connectivity index (χ3n) is 5.34. The molecule has 0 unspecified atom stereocenters. The Morgan fingerprint density at radius 3 is 2.45 bits per heavy atom. The third-order valence-corrected chi connectivity index (χ3v) is 5.34. The number of benzene rings is 2.